The molecule has 4 rings (SSSR count). The molecular weight excluding hydrogens is 314 g/mol. The zero-order valence-corrected chi connectivity index (χ0v) is 14.9. The highest BCUT2D eigenvalue weighted by Crippen LogP contribution is 2.32. The van der Waals surface area contributed by atoms with Gasteiger partial charge in [0, 0.05) is 25.4 Å². The normalized spacial score (nSPS) is 18.2. The molecule has 0 aliphatic carbocycles. The average molecular weight is 337 g/mol. The van der Waals surface area contributed by atoms with Gasteiger partial charge in [0.15, 0.2) is 0 Å². The topological polar surface area (TPSA) is 67.9 Å². The van der Waals surface area contributed by atoms with Crippen LogP contribution in [0, 0.1) is 6.92 Å². The van der Waals surface area contributed by atoms with Crippen molar-refractivity contribution in [1.29, 1.82) is 0 Å². The molecule has 6 heteroatoms. The summed E-state index contributed by atoms with van der Waals surface area (Å²) in [5.74, 6) is 3.11. The van der Waals surface area contributed by atoms with E-state index in [2.05, 4.69) is 57.1 Å². The Labute approximate surface area is 147 Å². The smallest absolute Gasteiger partial charge is 0.221 e. The third kappa shape index (κ3) is 3.08. The Morgan fingerprint density at radius 3 is 2.84 bits per heavy atom. The van der Waals surface area contributed by atoms with Crippen molar-refractivity contribution in [2.24, 2.45) is 0 Å². The summed E-state index contributed by atoms with van der Waals surface area (Å²) in [5.41, 5.74) is 2.30. The lowest BCUT2D eigenvalue weighted by atomic mass is 9.97. The molecule has 0 amide bonds. The Morgan fingerprint density at radius 1 is 1.20 bits per heavy atom. The van der Waals surface area contributed by atoms with Gasteiger partial charge in [0.1, 0.15) is 12.1 Å². The van der Waals surface area contributed by atoms with E-state index in [1.165, 1.54) is 5.56 Å². The molecule has 0 saturated carbocycles. The Morgan fingerprint density at radius 2 is 2.08 bits per heavy atom. The molecular formula is C19H23N5O. The van der Waals surface area contributed by atoms with E-state index < -0.39 is 0 Å². The molecule has 1 unspecified atom stereocenters. The monoisotopic (exact) mass is 337 g/mol. The van der Waals surface area contributed by atoms with Crippen LogP contribution in [0.5, 0.6) is 0 Å². The Kier molecular flexibility index (Phi) is 4.11. The number of aromatic nitrogens is 4. The zero-order chi connectivity index (χ0) is 17.4. The Balaban J connectivity index is 1.69. The van der Waals surface area contributed by atoms with Gasteiger partial charge in [-0.25, -0.2) is 9.97 Å². The minimum atomic E-state index is 0.258. The third-order valence-corrected chi connectivity index (χ3v) is 4.92. The maximum Gasteiger partial charge on any atom is 0.221 e. The van der Waals surface area contributed by atoms with Gasteiger partial charge in [0.25, 0.3) is 0 Å². The highest BCUT2D eigenvalue weighted by molar-refractivity contribution is 5.90. The minimum absolute atomic E-state index is 0.258. The highest BCUT2D eigenvalue weighted by atomic mass is 16.4. The fraction of sp³-hybridized carbons (Fsp3) is 0.474. The van der Waals surface area contributed by atoms with Gasteiger partial charge in [0.05, 0.1) is 11.4 Å². The first-order valence-corrected chi connectivity index (χ1v) is 8.91. The van der Waals surface area contributed by atoms with E-state index in [1.54, 1.807) is 6.33 Å². The first kappa shape index (κ1) is 16.0. The van der Waals surface area contributed by atoms with Crippen LogP contribution >= 0.6 is 0 Å². The maximum atomic E-state index is 5.66. The zero-order valence-electron chi connectivity index (χ0n) is 14.9. The Bertz CT molecular complexity index is 888. The number of rotatable bonds is 3. The minimum Gasteiger partial charge on any atom is -0.425 e. The van der Waals surface area contributed by atoms with Crippen molar-refractivity contribution in [3.63, 3.8) is 0 Å². The van der Waals surface area contributed by atoms with Crippen LogP contribution < -0.4 is 4.90 Å². The van der Waals surface area contributed by atoms with Gasteiger partial charge < -0.3 is 9.32 Å². The van der Waals surface area contributed by atoms with Gasteiger partial charge in [-0.15, -0.1) is 10.2 Å². The first-order valence-electron chi connectivity index (χ1n) is 8.91. The summed E-state index contributed by atoms with van der Waals surface area (Å²) in [7, 11) is 0. The molecule has 1 fully saturated rings. The fourth-order valence-electron chi connectivity index (χ4n) is 3.52. The SMILES string of the molecule is Cc1nnc(C2CCCN(c3ncnc4ccc(C(C)C)cc34)C2)o1. The van der Waals surface area contributed by atoms with Crippen LogP contribution in [0.1, 0.15) is 55.9 Å². The van der Waals surface area contributed by atoms with Crippen LogP contribution in [0.15, 0.2) is 28.9 Å². The van der Waals surface area contributed by atoms with Gasteiger partial charge in [-0.2, -0.15) is 0 Å². The summed E-state index contributed by atoms with van der Waals surface area (Å²) in [6, 6.07) is 6.48. The molecule has 1 atom stereocenters. The molecule has 1 aliphatic heterocycles. The molecule has 0 radical (unpaired) electrons. The molecule has 0 N–H and O–H groups in total. The van der Waals surface area contributed by atoms with E-state index in [0.29, 0.717) is 11.8 Å². The molecule has 3 heterocycles. The number of anilines is 1. The number of fused-ring (bicyclic) bond motifs is 1. The van der Waals surface area contributed by atoms with E-state index in [-0.39, 0.29) is 5.92 Å². The summed E-state index contributed by atoms with van der Waals surface area (Å²) < 4.78 is 5.66. The fourth-order valence-corrected chi connectivity index (χ4v) is 3.52. The number of hydrogen-bond acceptors (Lipinski definition) is 6. The maximum absolute atomic E-state index is 5.66. The summed E-state index contributed by atoms with van der Waals surface area (Å²) in [6.07, 6.45) is 3.81. The van der Waals surface area contributed by atoms with Crippen LogP contribution in [0.25, 0.3) is 10.9 Å². The van der Waals surface area contributed by atoms with E-state index >= 15 is 0 Å². The lowest BCUT2D eigenvalue weighted by Crippen LogP contribution is -2.35. The average Bonchev–Trinajstić information content (AvgIpc) is 3.07. The first-order chi connectivity index (χ1) is 12.1. The standard InChI is InChI=1S/C19H23N5O/c1-12(2)14-6-7-17-16(9-14)18(21-11-20-17)24-8-4-5-15(10-24)19-23-22-13(3)25-19/h6-7,9,11-12,15H,4-5,8,10H2,1-3H3. The quantitative estimate of drug-likeness (QED) is 0.723. The summed E-state index contributed by atoms with van der Waals surface area (Å²) in [4.78, 5) is 11.4. The molecule has 1 saturated heterocycles. The van der Waals surface area contributed by atoms with E-state index in [0.717, 1.165) is 48.5 Å². The number of piperidine rings is 1. The van der Waals surface area contributed by atoms with E-state index in [1.807, 2.05) is 6.92 Å². The number of benzene rings is 1. The highest BCUT2D eigenvalue weighted by Gasteiger charge is 2.27. The van der Waals surface area contributed by atoms with Crippen molar-refractivity contribution >= 4 is 16.7 Å². The lowest BCUT2D eigenvalue weighted by Gasteiger charge is -2.32. The lowest BCUT2D eigenvalue weighted by molar-refractivity contribution is 0.387. The molecule has 2 aromatic heterocycles. The molecule has 0 spiro atoms. The summed E-state index contributed by atoms with van der Waals surface area (Å²) in [5, 5.41) is 9.32. The van der Waals surface area contributed by atoms with Crippen LogP contribution in [0.2, 0.25) is 0 Å². The molecule has 130 valence electrons. The second-order valence-electron chi connectivity index (χ2n) is 7.07. The molecule has 6 nitrogen and oxygen atoms in total. The van der Waals surface area contributed by atoms with E-state index in [4.69, 9.17) is 4.42 Å². The van der Waals surface area contributed by atoms with Gasteiger partial charge in [-0.1, -0.05) is 19.9 Å². The van der Waals surface area contributed by atoms with E-state index in [9.17, 15) is 0 Å². The van der Waals surface area contributed by atoms with Crippen molar-refractivity contribution in [2.75, 3.05) is 18.0 Å². The third-order valence-electron chi connectivity index (χ3n) is 4.92. The van der Waals surface area contributed by atoms with Crippen molar-refractivity contribution in [2.45, 2.75) is 45.4 Å². The number of nitrogens with zero attached hydrogens (tertiary/aromatic N) is 5. The van der Waals surface area contributed by atoms with Crippen molar-refractivity contribution in [1.82, 2.24) is 20.2 Å². The van der Waals surface area contributed by atoms with Crippen LogP contribution in [0.4, 0.5) is 5.82 Å². The molecule has 1 aromatic carbocycles. The number of hydrogen-bond donors (Lipinski definition) is 0. The van der Waals surface area contributed by atoms with Crippen molar-refractivity contribution in [3.05, 3.63) is 41.9 Å². The predicted molar refractivity (Wildman–Crippen MR) is 96.9 cm³/mol. The van der Waals surface area contributed by atoms with Crippen molar-refractivity contribution in [3.8, 4) is 0 Å². The van der Waals surface area contributed by atoms with Gasteiger partial charge in [0.2, 0.25) is 11.8 Å². The molecule has 25 heavy (non-hydrogen) atoms. The second kappa shape index (κ2) is 6.43. The largest absolute Gasteiger partial charge is 0.425 e. The van der Waals surface area contributed by atoms with Gasteiger partial charge in [-0.05, 0) is 36.5 Å². The molecule has 1 aliphatic rings. The van der Waals surface area contributed by atoms with Crippen LogP contribution in [0.3, 0.4) is 0 Å². The summed E-state index contributed by atoms with van der Waals surface area (Å²) in [6.45, 7) is 8.09. The molecule has 0 bridgehead atoms. The van der Waals surface area contributed by atoms with Gasteiger partial charge >= 0.3 is 0 Å². The molecule has 3 aromatic rings. The van der Waals surface area contributed by atoms with Crippen LogP contribution in [-0.4, -0.2) is 33.3 Å². The number of aryl methyl sites for hydroxylation is 1. The second-order valence-corrected chi connectivity index (χ2v) is 7.07. The Hall–Kier alpha value is -2.50. The van der Waals surface area contributed by atoms with Gasteiger partial charge in [-0.3, -0.25) is 0 Å². The predicted octanol–water partition coefficient (Wildman–Crippen LogP) is 3.83. The van der Waals surface area contributed by atoms with Crippen LogP contribution in [-0.2, 0) is 0 Å². The summed E-state index contributed by atoms with van der Waals surface area (Å²) >= 11 is 0. The van der Waals surface area contributed by atoms with Crippen molar-refractivity contribution < 1.29 is 4.42 Å².